The van der Waals surface area contributed by atoms with Gasteiger partial charge in [-0.25, -0.2) is 5.01 Å². The second kappa shape index (κ2) is 4.62. The molecule has 92 valence electrons. The van der Waals surface area contributed by atoms with Gasteiger partial charge in [-0.15, -0.1) is 0 Å². The van der Waals surface area contributed by atoms with E-state index in [2.05, 4.69) is 15.9 Å². The number of hydrazine groups is 1. The first-order valence-electron chi connectivity index (χ1n) is 5.42. The van der Waals surface area contributed by atoms with Gasteiger partial charge in [-0.2, -0.15) is 0 Å². The Morgan fingerprint density at radius 1 is 1.47 bits per heavy atom. The van der Waals surface area contributed by atoms with Crippen LogP contribution in [0.3, 0.4) is 0 Å². The maximum atomic E-state index is 11.1. The summed E-state index contributed by atoms with van der Waals surface area (Å²) in [6.45, 7) is 0.822. The van der Waals surface area contributed by atoms with Gasteiger partial charge in [-0.1, -0.05) is 15.9 Å². The summed E-state index contributed by atoms with van der Waals surface area (Å²) < 4.78 is 0.767. The van der Waals surface area contributed by atoms with Gasteiger partial charge in [0.15, 0.2) is 0 Å². The van der Waals surface area contributed by atoms with Crippen molar-refractivity contribution >= 4 is 27.3 Å². The van der Waals surface area contributed by atoms with Gasteiger partial charge in [0, 0.05) is 31.2 Å². The molecule has 0 atom stereocenters. The Morgan fingerprint density at radius 2 is 2.18 bits per heavy atom. The Kier molecular flexibility index (Phi) is 3.35. The highest BCUT2D eigenvalue weighted by Gasteiger charge is 2.28. The molecule has 2 rings (SSSR count). The van der Waals surface area contributed by atoms with Crippen molar-refractivity contribution in [2.45, 2.75) is 12.8 Å². The molecular formula is C11H14BrN3O2. The largest absolute Gasteiger partial charge is 0.300 e. The van der Waals surface area contributed by atoms with Crippen LogP contribution in [0.2, 0.25) is 0 Å². The van der Waals surface area contributed by atoms with Gasteiger partial charge in [0.25, 0.3) is 5.69 Å². The number of aryl methyl sites for hydroxylation is 1. The second-order valence-corrected chi connectivity index (χ2v) is 5.18. The fourth-order valence-corrected chi connectivity index (χ4v) is 2.69. The van der Waals surface area contributed by atoms with Crippen molar-refractivity contribution in [3.8, 4) is 0 Å². The van der Waals surface area contributed by atoms with E-state index in [9.17, 15) is 10.1 Å². The Bertz CT molecular complexity index is 462. The molecule has 17 heavy (non-hydrogen) atoms. The molecule has 0 aromatic heterocycles. The van der Waals surface area contributed by atoms with Crippen LogP contribution in [0.25, 0.3) is 0 Å². The maximum Gasteiger partial charge on any atom is 0.295 e. The lowest BCUT2D eigenvalue weighted by atomic mass is 10.0. The van der Waals surface area contributed by atoms with E-state index in [0.29, 0.717) is 0 Å². The number of anilines is 1. The van der Waals surface area contributed by atoms with Crippen molar-refractivity contribution in [1.82, 2.24) is 5.01 Å². The van der Waals surface area contributed by atoms with Gasteiger partial charge < -0.3 is 0 Å². The molecule has 0 spiro atoms. The van der Waals surface area contributed by atoms with Gasteiger partial charge in [0.2, 0.25) is 0 Å². The summed E-state index contributed by atoms with van der Waals surface area (Å²) >= 11 is 3.33. The molecule has 0 fully saturated rings. The molecular weight excluding hydrogens is 286 g/mol. The van der Waals surface area contributed by atoms with E-state index in [1.807, 2.05) is 30.2 Å². The zero-order valence-electron chi connectivity index (χ0n) is 9.81. The van der Waals surface area contributed by atoms with Crippen molar-refractivity contribution < 1.29 is 4.92 Å². The molecule has 0 aliphatic carbocycles. The molecule has 1 aliphatic heterocycles. The van der Waals surface area contributed by atoms with E-state index in [1.54, 1.807) is 6.07 Å². The van der Waals surface area contributed by atoms with Crippen LogP contribution in [0.1, 0.15) is 12.0 Å². The number of halogens is 1. The standard InChI is InChI=1S/C11H14BrN3O2/c1-13(2)14-5-3-4-8-6-9(12)7-10(11(8)14)15(16)17/h6-7H,3-5H2,1-2H3. The van der Waals surface area contributed by atoms with Crippen molar-refractivity contribution in [2.24, 2.45) is 0 Å². The van der Waals surface area contributed by atoms with Gasteiger partial charge in [0.1, 0.15) is 5.69 Å². The predicted molar refractivity (Wildman–Crippen MR) is 70.2 cm³/mol. The van der Waals surface area contributed by atoms with E-state index in [0.717, 1.165) is 35.1 Å². The average Bonchev–Trinajstić information content (AvgIpc) is 2.26. The number of hydrogen-bond acceptors (Lipinski definition) is 4. The molecule has 0 radical (unpaired) electrons. The van der Waals surface area contributed by atoms with Crippen LogP contribution < -0.4 is 5.01 Å². The first-order valence-corrected chi connectivity index (χ1v) is 6.21. The number of fused-ring (bicyclic) bond motifs is 1. The molecule has 0 N–H and O–H groups in total. The fraction of sp³-hybridized carbons (Fsp3) is 0.455. The number of rotatable bonds is 2. The SMILES string of the molecule is CN(C)N1CCCc2cc(Br)cc([N+](=O)[O-])c21. The predicted octanol–water partition coefficient (Wildman–Crippen LogP) is 2.59. The molecule has 1 aliphatic rings. The van der Waals surface area contributed by atoms with Crippen LogP contribution in [-0.4, -0.2) is 30.6 Å². The van der Waals surface area contributed by atoms with Gasteiger partial charge in [-0.3, -0.25) is 15.1 Å². The van der Waals surface area contributed by atoms with E-state index < -0.39 is 0 Å². The zero-order chi connectivity index (χ0) is 12.6. The average molecular weight is 300 g/mol. The number of nitro groups is 1. The van der Waals surface area contributed by atoms with Gasteiger partial charge >= 0.3 is 0 Å². The summed E-state index contributed by atoms with van der Waals surface area (Å²) in [5.41, 5.74) is 1.93. The summed E-state index contributed by atoms with van der Waals surface area (Å²) in [5.74, 6) is 0. The third-order valence-corrected chi connectivity index (χ3v) is 3.35. The molecule has 0 unspecified atom stereocenters. The summed E-state index contributed by atoms with van der Waals surface area (Å²) in [6.07, 6.45) is 1.90. The van der Waals surface area contributed by atoms with E-state index >= 15 is 0 Å². The second-order valence-electron chi connectivity index (χ2n) is 4.26. The Hall–Kier alpha value is -1.14. The molecule has 1 aromatic carbocycles. The molecule has 1 heterocycles. The minimum Gasteiger partial charge on any atom is -0.300 e. The zero-order valence-corrected chi connectivity index (χ0v) is 11.4. The summed E-state index contributed by atoms with van der Waals surface area (Å²) in [4.78, 5) is 10.8. The summed E-state index contributed by atoms with van der Waals surface area (Å²) in [7, 11) is 3.81. The lowest BCUT2D eigenvalue weighted by Crippen LogP contribution is -2.41. The number of nitrogens with zero attached hydrogens (tertiary/aromatic N) is 3. The van der Waals surface area contributed by atoms with E-state index in [1.165, 1.54) is 0 Å². The number of hydrogen-bond donors (Lipinski definition) is 0. The lowest BCUT2D eigenvalue weighted by molar-refractivity contribution is -0.384. The maximum absolute atomic E-state index is 11.1. The van der Waals surface area contributed by atoms with Crippen molar-refractivity contribution in [3.05, 3.63) is 32.3 Å². The third-order valence-electron chi connectivity index (χ3n) is 2.89. The van der Waals surface area contributed by atoms with Crippen LogP contribution >= 0.6 is 15.9 Å². The van der Waals surface area contributed by atoms with Gasteiger partial charge in [0.05, 0.1) is 4.92 Å². The third kappa shape index (κ3) is 2.28. The van der Waals surface area contributed by atoms with Crippen LogP contribution in [0.15, 0.2) is 16.6 Å². The molecule has 0 saturated heterocycles. The van der Waals surface area contributed by atoms with Gasteiger partial charge in [-0.05, 0) is 24.5 Å². The first-order chi connectivity index (χ1) is 8.00. The van der Waals surface area contributed by atoms with Crippen molar-refractivity contribution in [1.29, 1.82) is 0 Å². The van der Waals surface area contributed by atoms with Crippen LogP contribution in [0.5, 0.6) is 0 Å². The molecule has 1 aromatic rings. The highest BCUT2D eigenvalue weighted by molar-refractivity contribution is 9.10. The van der Waals surface area contributed by atoms with Crippen LogP contribution in [-0.2, 0) is 6.42 Å². The lowest BCUT2D eigenvalue weighted by Gasteiger charge is -2.35. The van der Waals surface area contributed by atoms with E-state index in [4.69, 9.17) is 0 Å². The quantitative estimate of drug-likeness (QED) is 0.622. The summed E-state index contributed by atoms with van der Waals surface area (Å²) in [5, 5.41) is 15.0. The molecule has 0 bridgehead atoms. The number of benzene rings is 1. The topological polar surface area (TPSA) is 49.6 Å². The molecule has 5 nitrogen and oxygen atoms in total. The highest BCUT2D eigenvalue weighted by Crippen LogP contribution is 2.38. The highest BCUT2D eigenvalue weighted by atomic mass is 79.9. The first kappa shape index (κ1) is 12.3. The molecule has 0 amide bonds. The van der Waals surface area contributed by atoms with Crippen LogP contribution in [0.4, 0.5) is 11.4 Å². The molecule has 0 saturated carbocycles. The minimum absolute atomic E-state index is 0.169. The smallest absolute Gasteiger partial charge is 0.295 e. The Balaban J connectivity index is 2.61. The normalized spacial score (nSPS) is 14.9. The number of nitro benzene ring substituents is 1. The molecule has 6 heteroatoms. The summed E-state index contributed by atoms with van der Waals surface area (Å²) in [6, 6.07) is 3.54. The fourth-order valence-electron chi connectivity index (χ4n) is 2.20. The Labute approximate surface area is 108 Å². The monoisotopic (exact) mass is 299 g/mol. The van der Waals surface area contributed by atoms with Crippen molar-refractivity contribution in [3.63, 3.8) is 0 Å². The van der Waals surface area contributed by atoms with Crippen molar-refractivity contribution in [2.75, 3.05) is 25.6 Å². The van der Waals surface area contributed by atoms with E-state index in [-0.39, 0.29) is 10.6 Å². The Morgan fingerprint density at radius 3 is 2.76 bits per heavy atom. The minimum atomic E-state index is -0.314. The van der Waals surface area contributed by atoms with Crippen LogP contribution in [0, 0.1) is 10.1 Å².